The van der Waals surface area contributed by atoms with Gasteiger partial charge in [-0.1, -0.05) is 6.92 Å². The number of nitrogens with zero attached hydrogens (tertiary/aromatic N) is 5. The third-order valence-corrected chi connectivity index (χ3v) is 6.23. The highest BCUT2D eigenvalue weighted by Crippen LogP contribution is 2.25. The van der Waals surface area contributed by atoms with E-state index in [0.717, 1.165) is 17.8 Å². The van der Waals surface area contributed by atoms with Crippen LogP contribution in [0.4, 0.5) is 4.39 Å². The van der Waals surface area contributed by atoms with E-state index >= 15 is 0 Å². The van der Waals surface area contributed by atoms with Crippen molar-refractivity contribution >= 4 is 5.91 Å². The Morgan fingerprint density at radius 2 is 1.94 bits per heavy atom. The van der Waals surface area contributed by atoms with E-state index in [0.29, 0.717) is 31.9 Å². The molecule has 1 amide bonds. The Balaban J connectivity index is 1.62. The number of nitrogens with one attached hydrogen (secondary N) is 1. The second-order valence-corrected chi connectivity index (χ2v) is 8.53. The minimum absolute atomic E-state index is 0.0978. The zero-order valence-electron chi connectivity index (χ0n) is 18.1. The van der Waals surface area contributed by atoms with Crippen molar-refractivity contribution < 1.29 is 18.5 Å². The van der Waals surface area contributed by atoms with Crippen molar-refractivity contribution in [2.45, 2.75) is 38.8 Å². The van der Waals surface area contributed by atoms with Crippen LogP contribution in [0.3, 0.4) is 0 Å². The van der Waals surface area contributed by atoms with Crippen molar-refractivity contribution in [1.29, 1.82) is 0 Å². The Morgan fingerprint density at radius 1 is 1.23 bits per heavy atom. The van der Waals surface area contributed by atoms with Crippen LogP contribution in [0.15, 0.2) is 47.1 Å². The molecule has 0 spiro atoms. The molecule has 1 atom stereocenters. The largest absolute Gasteiger partial charge is 0.459 e. The number of halogens is 1. The Hall–Kier alpha value is -3.07. The summed E-state index contributed by atoms with van der Waals surface area (Å²) in [4.78, 5) is 15.7. The molecule has 31 heavy (non-hydrogen) atoms. The second-order valence-electron chi connectivity index (χ2n) is 8.53. The summed E-state index contributed by atoms with van der Waals surface area (Å²) in [6, 6.07) is 9.77. The topological polar surface area (TPSA) is 81.5 Å². The molecule has 2 aromatic heterocycles. The van der Waals surface area contributed by atoms with Gasteiger partial charge < -0.3 is 14.2 Å². The number of hydrogen-bond donors (Lipinski definition) is 1. The monoisotopic (exact) mass is 427 g/mol. The second kappa shape index (κ2) is 8.58. The van der Waals surface area contributed by atoms with E-state index in [1.165, 1.54) is 23.3 Å². The molecule has 9 heteroatoms. The Kier molecular flexibility index (Phi) is 5.86. The van der Waals surface area contributed by atoms with Crippen LogP contribution in [-0.2, 0) is 5.54 Å². The van der Waals surface area contributed by atoms with Gasteiger partial charge in [-0.25, -0.2) is 9.07 Å². The lowest BCUT2D eigenvalue weighted by molar-refractivity contribution is -0.930. The number of tetrazole rings is 1. The molecule has 0 unspecified atom stereocenters. The average Bonchev–Trinajstić information content (AvgIpc) is 3.48. The summed E-state index contributed by atoms with van der Waals surface area (Å²) in [5.41, 5.74) is 0.693. The maximum Gasteiger partial charge on any atom is 0.289 e. The maximum atomic E-state index is 13.6. The Labute approximate surface area is 180 Å². The van der Waals surface area contributed by atoms with E-state index in [1.54, 1.807) is 24.3 Å². The fraction of sp³-hybridized carbons (Fsp3) is 0.455. The predicted octanol–water partition coefficient (Wildman–Crippen LogP) is 1.68. The SMILES string of the molecule is CCC(C)(C)n1nnnc1[C@H](c1ccc(F)cc1)[NH+]1CCN(C(=O)c2ccco2)CC1. The van der Waals surface area contributed by atoms with Gasteiger partial charge in [0.1, 0.15) is 5.82 Å². The minimum Gasteiger partial charge on any atom is -0.459 e. The van der Waals surface area contributed by atoms with Gasteiger partial charge in [-0.3, -0.25) is 4.79 Å². The molecule has 0 aliphatic carbocycles. The Morgan fingerprint density at radius 3 is 2.55 bits per heavy atom. The summed E-state index contributed by atoms with van der Waals surface area (Å²) in [7, 11) is 0. The Bertz CT molecular complexity index is 1010. The van der Waals surface area contributed by atoms with Crippen molar-refractivity contribution in [3.63, 3.8) is 0 Å². The van der Waals surface area contributed by atoms with Crippen molar-refractivity contribution in [2.75, 3.05) is 26.2 Å². The van der Waals surface area contributed by atoms with Crippen LogP contribution in [0.2, 0.25) is 0 Å². The molecule has 1 N–H and O–H groups in total. The van der Waals surface area contributed by atoms with Gasteiger partial charge in [0.25, 0.3) is 5.91 Å². The number of benzene rings is 1. The molecule has 0 saturated carbocycles. The standard InChI is InChI=1S/C22H27FN6O2/c1-4-22(2,3)29-20(24-25-26-29)19(16-7-9-17(23)10-8-16)27-11-13-28(14-12-27)21(30)18-6-5-15-31-18/h5-10,15,19H,4,11-14H2,1-3H3/p+1/t19-/m0/s1. The molecule has 8 nitrogen and oxygen atoms in total. The molecule has 1 fully saturated rings. The number of furan rings is 1. The molecular formula is C22H28FN6O2+. The van der Waals surface area contributed by atoms with Crippen LogP contribution >= 0.6 is 0 Å². The van der Waals surface area contributed by atoms with Crippen LogP contribution in [0.5, 0.6) is 0 Å². The van der Waals surface area contributed by atoms with Crippen molar-refractivity contribution in [2.24, 2.45) is 0 Å². The molecule has 1 aromatic carbocycles. The van der Waals surface area contributed by atoms with Gasteiger partial charge in [0.2, 0.25) is 5.82 Å². The highest BCUT2D eigenvalue weighted by molar-refractivity contribution is 5.91. The van der Waals surface area contributed by atoms with E-state index < -0.39 is 0 Å². The summed E-state index contributed by atoms with van der Waals surface area (Å²) >= 11 is 0. The van der Waals surface area contributed by atoms with Crippen molar-refractivity contribution in [1.82, 2.24) is 25.1 Å². The van der Waals surface area contributed by atoms with Crippen molar-refractivity contribution in [3.8, 4) is 0 Å². The normalized spacial score (nSPS) is 16.5. The van der Waals surface area contributed by atoms with E-state index in [-0.39, 0.29) is 23.3 Å². The lowest BCUT2D eigenvalue weighted by Crippen LogP contribution is -3.15. The summed E-state index contributed by atoms with van der Waals surface area (Å²) in [5.74, 6) is 0.727. The smallest absolute Gasteiger partial charge is 0.289 e. The summed E-state index contributed by atoms with van der Waals surface area (Å²) in [6.07, 6.45) is 2.37. The molecule has 0 radical (unpaired) electrons. The zero-order chi connectivity index (χ0) is 22.0. The van der Waals surface area contributed by atoms with Crippen molar-refractivity contribution in [3.05, 3.63) is 65.6 Å². The number of carbonyl (C=O) groups excluding carboxylic acids is 1. The van der Waals surface area contributed by atoms with Gasteiger partial charge in [0.15, 0.2) is 11.8 Å². The van der Waals surface area contributed by atoms with E-state index in [4.69, 9.17) is 4.42 Å². The highest BCUT2D eigenvalue weighted by atomic mass is 19.1. The molecular weight excluding hydrogens is 399 g/mol. The summed E-state index contributed by atoms with van der Waals surface area (Å²) < 4.78 is 20.8. The average molecular weight is 428 g/mol. The lowest BCUT2D eigenvalue weighted by Gasteiger charge is -2.37. The first-order valence-electron chi connectivity index (χ1n) is 10.6. The number of quaternary nitrogens is 1. The first-order chi connectivity index (χ1) is 14.9. The number of hydrogen-bond acceptors (Lipinski definition) is 5. The molecule has 1 saturated heterocycles. The van der Waals surface area contributed by atoms with Gasteiger partial charge in [0.05, 0.1) is 38.0 Å². The molecule has 3 heterocycles. The van der Waals surface area contributed by atoms with E-state index in [1.807, 2.05) is 9.58 Å². The fourth-order valence-electron chi connectivity index (χ4n) is 4.02. The van der Waals surface area contributed by atoms with Crippen LogP contribution in [-0.4, -0.2) is 57.2 Å². The van der Waals surface area contributed by atoms with Crippen LogP contribution in [0.25, 0.3) is 0 Å². The highest BCUT2D eigenvalue weighted by Gasteiger charge is 2.38. The first-order valence-corrected chi connectivity index (χ1v) is 10.6. The molecule has 1 aliphatic rings. The number of amides is 1. The van der Waals surface area contributed by atoms with E-state index in [9.17, 15) is 9.18 Å². The van der Waals surface area contributed by atoms with Gasteiger partial charge in [0, 0.05) is 5.56 Å². The third-order valence-electron chi connectivity index (χ3n) is 6.23. The predicted molar refractivity (Wildman–Crippen MR) is 111 cm³/mol. The quantitative estimate of drug-likeness (QED) is 0.647. The maximum absolute atomic E-state index is 13.6. The first kappa shape index (κ1) is 21.2. The molecule has 164 valence electrons. The molecule has 1 aliphatic heterocycles. The summed E-state index contributed by atoms with van der Waals surface area (Å²) in [5, 5.41) is 12.6. The van der Waals surface area contributed by atoms with Crippen LogP contribution in [0.1, 0.15) is 55.2 Å². The molecule has 0 bridgehead atoms. The summed E-state index contributed by atoms with van der Waals surface area (Å²) in [6.45, 7) is 8.91. The van der Waals surface area contributed by atoms with Gasteiger partial charge >= 0.3 is 0 Å². The fourth-order valence-corrected chi connectivity index (χ4v) is 4.02. The van der Waals surface area contributed by atoms with Crippen LogP contribution < -0.4 is 4.90 Å². The number of piperazine rings is 1. The van der Waals surface area contributed by atoms with Gasteiger partial charge in [-0.15, -0.1) is 5.10 Å². The third kappa shape index (κ3) is 4.23. The van der Waals surface area contributed by atoms with Gasteiger partial charge in [-0.2, -0.15) is 0 Å². The number of carbonyl (C=O) groups is 1. The molecule has 3 aromatic rings. The zero-order valence-corrected chi connectivity index (χ0v) is 18.1. The number of rotatable bonds is 6. The molecule has 4 rings (SSSR count). The minimum atomic E-state index is -0.278. The van der Waals surface area contributed by atoms with Gasteiger partial charge in [-0.05, 0) is 67.1 Å². The van der Waals surface area contributed by atoms with E-state index in [2.05, 4.69) is 36.3 Å². The lowest BCUT2D eigenvalue weighted by atomic mass is 9.99. The van der Waals surface area contributed by atoms with Crippen LogP contribution in [0, 0.1) is 5.82 Å². The number of aromatic nitrogens is 4.